The Balaban J connectivity index is 2.07. The minimum absolute atomic E-state index is 0.234. The average molecular weight is 405 g/mol. The monoisotopic (exact) mass is 405 g/mol. The molecule has 30 heavy (non-hydrogen) atoms. The van der Waals surface area contributed by atoms with Crippen LogP contribution in [0.4, 0.5) is 5.69 Å². The Bertz CT molecular complexity index is 1040. The minimum Gasteiger partial charge on any atom is -0.493 e. The first-order chi connectivity index (χ1) is 14.5. The van der Waals surface area contributed by atoms with E-state index in [0.29, 0.717) is 35.1 Å². The van der Waals surface area contributed by atoms with Crippen LogP contribution in [-0.2, 0) is 14.3 Å². The van der Waals surface area contributed by atoms with E-state index in [1.807, 2.05) is 30.3 Å². The van der Waals surface area contributed by atoms with E-state index in [4.69, 9.17) is 14.2 Å². The molecule has 0 saturated carbocycles. The lowest BCUT2D eigenvalue weighted by molar-refractivity contribution is -0.136. The molecule has 0 spiro atoms. The number of carbonyl (C=O) groups is 2. The van der Waals surface area contributed by atoms with Crippen molar-refractivity contribution in [1.82, 2.24) is 0 Å². The van der Waals surface area contributed by atoms with Gasteiger partial charge in [-0.05, 0) is 42.8 Å². The number of benzene rings is 2. The molecule has 0 N–H and O–H groups in total. The van der Waals surface area contributed by atoms with Crippen molar-refractivity contribution >= 4 is 23.6 Å². The molecule has 1 aliphatic heterocycles. The van der Waals surface area contributed by atoms with Gasteiger partial charge in [0.05, 0.1) is 25.4 Å². The highest BCUT2D eigenvalue weighted by Crippen LogP contribution is 2.36. The van der Waals surface area contributed by atoms with E-state index in [0.717, 1.165) is 0 Å². The number of amides is 1. The zero-order valence-corrected chi connectivity index (χ0v) is 17.2. The fraction of sp³-hybridized carbons (Fsp3) is 0.167. The molecule has 0 fully saturated rings. The number of anilines is 1. The normalized spacial score (nSPS) is 14.8. The van der Waals surface area contributed by atoms with Crippen LogP contribution in [-0.4, -0.2) is 32.7 Å². The molecule has 1 aliphatic rings. The van der Waals surface area contributed by atoms with Gasteiger partial charge in [-0.25, -0.2) is 4.79 Å². The summed E-state index contributed by atoms with van der Waals surface area (Å²) >= 11 is 0. The van der Waals surface area contributed by atoms with Gasteiger partial charge in [-0.15, -0.1) is 0 Å². The van der Waals surface area contributed by atoms with Crippen LogP contribution in [0, 0.1) is 0 Å². The van der Waals surface area contributed by atoms with Gasteiger partial charge in [0.25, 0.3) is 5.91 Å². The number of methoxy groups -OCH3 is 2. The molecule has 154 valence electrons. The summed E-state index contributed by atoms with van der Waals surface area (Å²) in [5.74, 6) is 0.202. The molecule has 0 radical (unpaired) electrons. The standard InChI is InChI=1S/C24H23NO5/c1-5-13-30-20-12-11-17(15-21(20)28-3)14-19-22(24(27)29-4)16(2)25(23(19)26)18-9-7-6-8-10-18/h5-12,14-15H,1,13H2,2-4H3/b19-14-. The molecule has 1 amide bonds. The molecule has 0 aromatic heterocycles. The van der Waals surface area contributed by atoms with Crippen molar-refractivity contribution in [2.45, 2.75) is 6.92 Å². The molecular weight excluding hydrogens is 382 g/mol. The quantitative estimate of drug-likeness (QED) is 0.394. The maximum atomic E-state index is 13.3. The number of carbonyl (C=O) groups excluding carboxylic acids is 2. The molecule has 3 rings (SSSR count). The van der Waals surface area contributed by atoms with E-state index in [2.05, 4.69) is 6.58 Å². The number of nitrogens with zero attached hydrogens (tertiary/aromatic N) is 1. The maximum absolute atomic E-state index is 13.3. The van der Waals surface area contributed by atoms with Crippen LogP contribution >= 0.6 is 0 Å². The number of para-hydroxylation sites is 1. The van der Waals surface area contributed by atoms with Gasteiger partial charge in [0.15, 0.2) is 11.5 Å². The molecule has 0 aliphatic carbocycles. The fourth-order valence-electron chi connectivity index (χ4n) is 3.28. The molecule has 1 heterocycles. The Hall–Kier alpha value is -3.80. The molecule has 0 unspecified atom stereocenters. The van der Waals surface area contributed by atoms with E-state index < -0.39 is 5.97 Å². The maximum Gasteiger partial charge on any atom is 0.340 e. The zero-order valence-electron chi connectivity index (χ0n) is 17.2. The third-order valence-electron chi connectivity index (χ3n) is 4.66. The van der Waals surface area contributed by atoms with Crippen LogP contribution < -0.4 is 14.4 Å². The SMILES string of the molecule is C=CCOc1ccc(/C=C2\C(=O)N(c3ccccc3)C(C)=C2C(=O)OC)cc1OC. The largest absolute Gasteiger partial charge is 0.493 e. The van der Waals surface area contributed by atoms with Crippen LogP contribution in [0.5, 0.6) is 11.5 Å². The molecule has 6 heteroatoms. The van der Waals surface area contributed by atoms with Crippen LogP contribution in [0.3, 0.4) is 0 Å². The number of hydrogen-bond acceptors (Lipinski definition) is 5. The zero-order chi connectivity index (χ0) is 21.7. The van der Waals surface area contributed by atoms with Gasteiger partial charge in [0.1, 0.15) is 6.61 Å². The summed E-state index contributed by atoms with van der Waals surface area (Å²) in [4.78, 5) is 27.3. The molecular formula is C24H23NO5. The molecule has 0 bridgehead atoms. The predicted octanol–water partition coefficient (Wildman–Crippen LogP) is 4.14. The van der Waals surface area contributed by atoms with Gasteiger partial charge in [-0.3, -0.25) is 9.69 Å². The van der Waals surface area contributed by atoms with Crippen LogP contribution in [0.1, 0.15) is 12.5 Å². The fourth-order valence-corrected chi connectivity index (χ4v) is 3.28. The van der Waals surface area contributed by atoms with Crippen LogP contribution in [0.2, 0.25) is 0 Å². The van der Waals surface area contributed by atoms with E-state index in [-0.39, 0.29) is 17.1 Å². The third kappa shape index (κ3) is 3.98. The topological polar surface area (TPSA) is 65.1 Å². The first-order valence-electron chi connectivity index (χ1n) is 9.34. The van der Waals surface area contributed by atoms with E-state index in [9.17, 15) is 9.59 Å². The Morgan fingerprint density at radius 3 is 2.47 bits per heavy atom. The lowest BCUT2D eigenvalue weighted by Gasteiger charge is -2.17. The smallest absolute Gasteiger partial charge is 0.340 e. The van der Waals surface area contributed by atoms with Crippen molar-refractivity contribution in [3.63, 3.8) is 0 Å². The predicted molar refractivity (Wildman–Crippen MR) is 115 cm³/mol. The lowest BCUT2D eigenvalue weighted by Crippen LogP contribution is -2.24. The lowest BCUT2D eigenvalue weighted by atomic mass is 10.0. The van der Waals surface area contributed by atoms with Gasteiger partial charge in [0.2, 0.25) is 0 Å². The second-order valence-electron chi connectivity index (χ2n) is 6.50. The first kappa shape index (κ1) is 20.9. The number of ether oxygens (including phenoxy) is 3. The highest BCUT2D eigenvalue weighted by atomic mass is 16.5. The minimum atomic E-state index is -0.566. The summed E-state index contributed by atoms with van der Waals surface area (Å²) in [6.45, 7) is 5.70. The third-order valence-corrected chi connectivity index (χ3v) is 4.66. The number of hydrogen-bond donors (Lipinski definition) is 0. The average Bonchev–Trinajstić information content (AvgIpc) is 3.02. The number of allylic oxidation sites excluding steroid dienone is 1. The van der Waals surface area contributed by atoms with E-state index >= 15 is 0 Å². The molecule has 2 aromatic rings. The summed E-state index contributed by atoms with van der Waals surface area (Å²) in [6, 6.07) is 14.4. The molecule has 2 aromatic carbocycles. The van der Waals surface area contributed by atoms with Gasteiger partial charge in [0, 0.05) is 11.4 Å². The molecule has 6 nitrogen and oxygen atoms in total. The molecule has 0 atom stereocenters. The molecule has 0 saturated heterocycles. The second kappa shape index (κ2) is 9.13. The van der Waals surface area contributed by atoms with Crippen molar-refractivity contribution in [3.8, 4) is 11.5 Å². The second-order valence-corrected chi connectivity index (χ2v) is 6.50. The number of esters is 1. The summed E-state index contributed by atoms with van der Waals surface area (Å²) in [6.07, 6.45) is 3.29. The highest BCUT2D eigenvalue weighted by Gasteiger charge is 2.37. The highest BCUT2D eigenvalue weighted by molar-refractivity contribution is 6.23. The summed E-state index contributed by atoms with van der Waals surface area (Å²) < 4.78 is 15.9. The van der Waals surface area contributed by atoms with Crippen molar-refractivity contribution in [1.29, 1.82) is 0 Å². The van der Waals surface area contributed by atoms with Crippen LogP contribution in [0.15, 0.2) is 78.0 Å². The van der Waals surface area contributed by atoms with Crippen molar-refractivity contribution in [2.75, 3.05) is 25.7 Å². The Morgan fingerprint density at radius 2 is 1.83 bits per heavy atom. The Kier molecular flexibility index (Phi) is 6.37. The van der Waals surface area contributed by atoms with Gasteiger partial charge >= 0.3 is 5.97 Å². The van der Waals surface area contributed by atoms with Gasteiger partial charge in [-0.1, -0.05) is 36.9 Å². The van der Waals surface area contributed by atoms with Gasteiger partial charge < -0.3 is 14.2 Å². The first-order valence-corrected chi connectivity index (χ1v) is 9.34. The summed E-state index contributed by atoms with van der Waals surface area (Å²) in [7, 11) is 2.83. The van der Waals surface area contributed by atoms with Crippen molar-refractivity contribution < 1.29 is 23.8 Å². The Morgan fingerprint density at radius 1 is 1.10 bits per heavy atom. The Labute approximate surface area is 175 Å². The van der Waals surface area contributed by atoms with Crippen molar-refractivity contribution in [3.05, 3.63) is 83.6 Å². The summed E-state index contributed by atoms with van der Waals surface area (Å²) in [5, 5.41) is 0. The summed E-state index contributed by atoms with van der Waals surface area (Å²) in [5.41, 5.74) is 2.37. The van der Waals surface area contributed by atoms with E-state index in [1.54, 1.807) is 37.3 Å². The van der Waals surface area contributed by atoms with E-state index in [1.165, 1.54) is 19.1 Å². The van der Waals surface area contributed by atoms with Crippen LogP contribution in [0.25, 0.3) is 6.08 Å². The number of rotatable bonds is 7. The van der Waals surface area contributed by atoms with Gasteiger partial charge in [-0.2, -0.15) is 0 Å². The van der Waals surface area contributed by atoms with Crippen molar-refractivity contribution in [2.24, 2.45) is 0 Å².